The molecule has 0 aliphatic carbocycles. The van der Waals surface area contributed by atoms with E-state index in [2.05, 4.69) is 37.8 Å². The first-order valence-electron chi connectivity index (χ1n) is 6.73. The molecule has 102 valence electrons. The van der Waals surface area contributed by atoms with Crippen LogP contribution in [-0.4, -0.2) is 28.6 Å². The summed E-state index contributed by atoms with van der Waals surface area (Å²) in [6, 6.07) is 8.13. The van der Waals surface area contributed by atoms with E-state index in [1.165, 1.54) is 5.56 Å². The van der Waals surface area contributed by atoms with Crippen LogP contribution in [0.3, 0.4) is 0 Å². The van der Waals surface area contributed by atoms with Crippen molar-refractivity contribution in [1.82, 2.24) is 4.90 Å². The Morgan fingerprint density at radius 2 is 1.72 bits per heavy atom. The van der Waals surface area contributed by atoms with Gasteiger partial charge in [0.25, 0.3) is 0 Å². The smallest absolute Gasteiger partial charge is 0.0681 e. The number of likely N-dealkylation sites (N-methyl/N-ethyl adjacent to an activating group) is 1. The first-order chi connectivity index (χ1) is 8.59. The molecule has 0 aliphatic heterocycles. The molecule has 0 aromatic heterocycles. The topological polar surface area (TPSA) is 49.5 Å². The Kier molecular flexibility index (Phi) is 5.79. The Hall–Kier alpha value is -0.900. The Labute approximate surface area is 111 Å². The molecular formula is C15H26N2O. The average Bonchev–Trinajstić information content (AvgIpc) is 2.44. The average molecular weight is 250 g/mol. The predicted molar refractivity (Wildman–Crippen MR) is 76.2 cm³/mol. The maximum absolute atomic E-state index is 9.03. The number of hydrogen-bond donors (Lipinski definition) is 2. The van der Waals surface area contributed by atoms with Crippen LogP contribution in [0.5, 0.6) is 0 Å². The molecule has 0 aliphatic rings. The van der Waals surface area contributed by atoms with Crippen LogP contribution in [0, 0.1) is 0 Å². The molecule has 0 spiro atoms. The van der Waals surface area contributed by atoms with E-state index in [0.29, 0.717) is 6.54 Å². The number of rotatable bonds is 7. The van der Waals surface area contributed by atoms with Crippen molar-refractivity contribution in [1.29, 1.82) is 0 Å². The molecule has 3 nitrogen and oxygen atoms in total. The standard InChI is InChI=1S/C15H26N2O/c1-4-15(3,12-16)17(5-2)10-13-6-8-14(11-18)9-7-13/h6-9,18H,4-5,10-12,16H2,1-3H3. The SMILES string of the molecule is CCN(Cc1ccc(CO)cc1)C(C)(CC)CN. The number of nitrogens with two attached hydrogens (primary N) is 1. The number of benzene rings is 1. The Balaban J connectivity index is 2.78. The van der Waals surface area contributed by atoms with Gasteiger partial charge in [0.15, 0.2) is 0 Å². The lowest BCUT2D eigenvalue weighted by Gasteiger charge is -2.39. The molecule has 18 heavy (non-hydrogen) atoms. The zero-order valence-electron chi connectivity index (χ0n) is 11.8. The highest BCUT2D eigenvalue weighted by atomic mass is 16.3. The minimum atomic E-state index is 0.0599. The maximum atomic E-state index is 9.03. The van der Waals surface area contributed by atoms with Crippen LogP contribution < -0.4 is 5.73 Å². The van der Waals surface area contributed by atoms with Gasteiger partial charge >= 0.3 is 0 Å². The van der Waals surface area contributed by atoms with Crippen LogP contribution in [0.1, 0.15) is 38.3 Å². The molecule has 0 heterocycles. The van der Waals surface area contributed by atoms with Crippen LogP contribution in [0.15, 0.2) is 24.3 Å². The van der Waals surface area contributed by atoms with Gasteiger partial charge in [0.2, 0.25) is 0 Å². The third kappa shape index (κ3) is 3.55. The van der Waals surface area contributed by atoms with Crippen molar-refractivity contribution in [3.05, 3.63) is 35.4 Å². The molecule has 0 amide bonds. The van der Waals surface area contributed by atoms with Crippen molar-refractivity contribution in [2.75, 3.05) is 13.1 Å². The fourth-order valence-electron chi connectivity index (χ4n) is 2.15. The van der Waals surface area contributed by atoms with Gasteiger partial charge in [-0.3, -0.25) is 4.90 Å². The summed E-state index contributed by atoms with van der Waals surface area (Å²) in [6.45, 7) is 9.25. The van der Waals surface area contributed by atoms with E-state index < -0.39 is 0 Å². The predicted octanol–water partition coefficient (Wildman–Crippen LogP) is 2.13. The Morgan fingerprint density at radius 1 is 1.17 bits per heavy atom. The zero-order chi connectivity index (χ0) is 13.6. The van der Waals surface area contributed by atoms with Gasteiger partial charge in [-0.15, -0.1) is 0 Å². The monoisotopic (exact) mass is 250 g/mol. The normalized spacial score (nSPS) is 14.8. The van der Waals surface area contributed by atoms with Gasteiger partial charge < -0.3 is 10.8 Å². The molecule has 3 N–H and O–H groups in total. The summed E-state index contributed by atoms with van der Waals surface area (Å²) >= 11 is 0. The molecule has 1 unspecified atom stereocenters. The second-order valence-corrected chi connectivity index (χ2v) is 5.04. The molecule has 1 aromatic rings. The van der Waals surface area contributed by atoms with Crippen molar-refractivity contribution in [2.45, 2.75) is 45.9 Å². The quantitative estimate of drug-likeness (QED) is 0.779. The van der Waals surface area contributed by atoms with E-state index in [0.717, 1.165) is 25.1 Å². The lowest BCUT2D eigenvalue weighted by Crippen LogP contribution is -2.50. The summed E-state index contributed by atoms with van der Waals surface area (Å²) in [6.07, 6.45) is 1.05. The number of nitrogens with zero attached hydrogens (tertiary/aromatic N) is 1. The van der Waals surface area contributed by atoms with E-state index >= 15 is 0 Å². The van der Waals surface area contributed by atoms with Gasteiger partial charge in [-0.05, 0) is 31.0 Å². The molecule has 0 bridgehead atoms. The second kappa shape index (κ2) is 6.88. The molecule has 1 rings (SSSR count). The van der Waals surface area contributed by atoms with E-state index in [1.54, 1.807) is 0 Å². The summed E-state index contributed by atoms with van der Waals surface area (Å²) in [4.78, 5) is 2.42. The van der Waals surface area contributed by atoms with Gasteiger partial charge in [0.1, 0.15) is 0 Å². The van der Waals surface area contributed by atoms with Gasteiger partial charge in [0, 0.05) is 18.6 Å². The molecule has 0 radical (unpaired) electrons. The Bertz CT molecular complexity index is 344. The Morgan fingerprint density at radius 3 is 2.11 bits per heavy atom. The van der Waals surface area contributed by atoms with Gasteiger partial charge in [-0.25, -0.2) is 0 Å². The van der Waals surface area contributed by atoms with Crippen LogP contribution in [0.2, 0.25) is 0 Å². The molecule has 3 heteroatoms. The number of aliphatic hydroxyl groups is 1. The summed E-state index contributed by atoms with van der Waals surface area (Å²) < 4.78 is 0. The minimum Gasteiger partial charge on any atom is -0.392 e. The highest BCUT2D eigenvalue weighted by molar-refractivity contribution is 5.22. The summed E-state index contributed by atoms with van der Waals surface area (Å²) in [5.74, 6) is 0. The van der Waals surface area contributed by atoms with Gasteiger partial charge in [-0.2, -0.15) is 0 Å². The summed E-state index contributed by atoms with van der Waals surface area (Å²) in [5, 5.41) is 9.03. The van der Waals surface area contributed by atoms with Crippen LogP contribution in [0.25, 0.3) is 0 Å². The van der Waals surface area contributed by atoms with Gasteiger partial charge in [0.05, 0.1) is 6.61 Å². The molecule has 0 fully saturated rings. The van der Waals surface area contributed by atoms with Crippen molar-refractivity contribution in [3.63, 3.8) is 0 Å². The first-order valence-corrected chi connectivity index (χ1v) is 6.73. The fourth-order valence-corrected chi connectivity index (χ4v) is 2.15. The lowest BCUT2D eigenvalue weighted by atomic mass is 9.95. The van der Waals surface area contributed by atoms with Crippen molar-refractivity contribution < 1.29 is 5.11 Å². The van der Waals surface area contributed by atoms with E-state index in [9.17, 15) is 0 Å². The molecule has 1 aromatic carbocycles. The zero-order valence-corrected chi connectivity index (χ0v) is 11.8. The largest absolute Gasteiger partial charge is 0.392 e. The molecule has 0 saturated carbocycles. The van der Waals surface area contributed by atoms with Crippen LogP contribution in [-0.2, 0) is 13.2 Å². The summed E-state index contributed by atoms with van der Waals surface area (Å²) in [5.41, 5.74) is 8.20. The summed E-state index contributed by atoms with van der Waals surface area (Å²) in [7, 11) is 0. The fraction of sp³-hybridized carbons (Fsp3) is 0.600. The van der Waals surface area contributed by atoms with Crippen LogP contribution >= 0.6 is 0 Å². The first kappa shape index (κ1) is 15.2. The highest BCUT2D eigenvalue weighted by Gasteiger charge is 2.27. The van der Waals surface area contributed by atoms with Crippen LogP contribution in [0.4, 0.5) is 0 Å². The number of aliphatic hydroxyl groups excluding tert-OH is 1. The molecule has 0 saturated heterocycles. The maximum Gasteiger partial charge on any atom is 0.0681 e. The van der Waals surface area contributed by atoms with Crippen molar-refractivity contribution >= 4 is 0 Å². The van der Waals surface area contributed by atoms with Crippen molar-refractivity contribution in [3.8, 4) is 0 Å². The minimum absolute atomic E-state index is 0.0599. The molecular weight excluding hydrogens is 224 g/mol. The van der Waals surface area contributed by atoms with E-state index in [-0.39, 0.29) is 12.1 Å². The lowest BCUT2D eigenvalue weighted by molar-refractivity contribution is 0.104. The molecule has 1 atom stereocenters. The van der Waals surface area contributed by atoms with E-state index in [4.69, 9.17) is 10.8 Å². The number of hydrogen-bond acceptors (Lipinski definition) is 3. The third-order valence-corrected chi connectivity index (χ3v) is 3.93. The van der Waals surface area contributed by atoms with E-state index in [1.807, 2.05) is 12.1 Å². The third-order valence-electron chi connectivity index (χ3n) is 3.93. The second-order valence-electron chi connectivity index (χ2n) is 5.04. The van der Waals surface area contributed by atoms with Gasteiger partial charge in [-0.1, -0.05) is 38.1 Å². The van der Waals surface area contributed by atoms with Crippen molar-refractivity contribution in [2.24, 2.45) is 5.73 Å². The highest BCUT2D eigenvalue weighted by Crippen LogP contribution is 2.20.